The number of sulfonamides is 1. The molecule has 7 nitrogen and oxygen atoms in total. The number of amides is 1. The van der Waals surface area contributed by atoms with Crippen LogP contribution in [-0.2, 0) is 10.0 Å². The maximum absolute atomic E-state index is 12.8. The number of ether oxygens (including phenoxy) is 1. The number of unbranched alkanes of at least 4 members (excludes halogenated alkanes) is 1. The second kappa shape index (κ2) is 8.87. The van der Waals surface area contributed by atoms with Gasteiger partial charge in [-0.3, -0.25) is 4.79 Å². The molecule has 1 heterocycles. The number of rotatable bonds is 7. The topological polar surface area (TPSA) is 88.1 Å². The van der Waals surface area contributed by atoms with Gasteiger partial charge in [0.1, 0.15) is 16.5 Å². The van der Waals surface area contributed by atoms with E-state index in [2.05, 4.69) is 16.6 Å². The molecule has 0 spiro atoms. The Bertz CT molecular complexity index is 1060. The van der Waals surface area contributed by atoms with Crippen LogP contribution in [0, 0.1) is 0 Å². The third-order valence-electron chi connectivity index (χ3n) is 5.13. The molecule has 2 aromatic rings. The quantitative estimate of drug-likeness (QED) is 0.721. The molecule has 0 unspecified atom stereocenters. The smallest absolute Gasteiger partial charge is 0.286 e. The zero-order valence-electron chi connectivity index (χ0n) is 17.7. The fraction of sp³-hybridized carbons (Fsp3) is 0.364. The predicted octanol–water partition coefficient (Wildman–Crippen LogP) is 3.91. The van der Waals surface area contributed by atoms with Crippen LogP contribution < -0.4 is 15.0 Å². The number of hydrogen-bond donors (Lipinski definition) is 1. The highest BCUT2D eigenvalue weighted by Gasteiger charge is 2.29. The minimum absolute atomic E-state index is 0.0638. The van der Waals surface area contributed by atoms with Gasteiger partial charge in [0.2, 0.25) is 0 Å². The van der Waals surface area contributed by atoms with E-state index in [0.717, 1.165) is 24.2 Å². The van der Waals surface area contributed by atoms with E-state index in [1.807, 2.05) is 36.1 Å². The Labute approximate surface area is 177 Å². The van der Waals surface area contributed by atoms with Gasteiger partial charge in [-0.25, -0.2) is 0 Å². The molecular formula is C22H27N3O4S. The summed E-state index contributed by atoms with van der Waals surface area (Å²) >= 11 is 0. The minimum Gasteiger partial charge on any atom is -0.497 e. The Kier molecular flexibility index (Phi) is 6.45. The number of benzene rings is 2. The van der Waals surface area contributed by atoms with Crippen LogP contribution in [0.2, 0.25) is 0 Å². The maximum atomic E-state index is 12.8. The number of nitrogens with zero attached hydrogens (tertiary/aromatic N) is 2. The molecule has 2 aromatic carbocycles. The van der Waals surface area contributed by atoms with Crippen molar-refractivity contribution in [3.05, 3.63) is 53.6 Å². The van der Waals surface area contributed by atoms with Crippen LogP contribution in [0.1, 0.15) is 55.6 Å². The van der Waals surface area contributed by atoms with E-state index in [0.29, 0.717) is 18.1 Å². The van der Waals surface area contributed by atoms with Crippen molar-refractivity contribution in [1.29, 1.82) is 0 Å². The maximum Gasteiger partial charge on any atom is 0.286 e. The summed E-state index contributed by atoms with van der Waals surface area (Å²) in [6.07, 6.45) is 1.89. The summed E-state index contributed by atoms with van der Waals surface area (Å²) < 4.78 is 34.3. The van der Waals surface area contributed by atoms with Crippen molar-refractivity contribution in [1.82, 2.24) is 5.32 Å². The van der Waals surface area contributed by atoms with Crippen LogP contribution >= 0.6 is 0 Å². The van der Waals surface area contributed by atoms with Gasteiger partial charge in [-0.1, -0.05) is 25.5 Å². The van der Waals surface area contributed by atoms with E-state index >= 15 is 0 Å². The fourth-order valence-electron chi connectivity index (χ4n) is 3.39. The highest BCUT2D eigenvalue weighted by Crippen LogP contribution is 2.33. The zero-order valence-corrected chi connectivity index (χ0v) is 18.5. The average Bonchev–Trinajstić information content (AvgIpc) is 2.73. The van der Waals surface area contributed by atoms with E-state index < -0.39 is 10.0 Å². The lowest BCUT2D eigenvalue weighted by atomic mass is 10.1. The number of fused-ring (bicyclic) bond motifs is 1. The SMILES string of the molecule is CCCCN1C(C)=NS(=O)(=O)c2cc(C(=O)N[C@H](C)c3ccc(OC)cc3)ccc21. The van der Waals surface area contributed by atoms with Crippen molar-refractivity contribution in [2.75, 3.05) is 18.6 Å². The molecule has 0 bridgehead atoms. The normalized spacial score (nSPS) is 15.7. The van der Waals surface area contributed by atoms with Gasteiger partial charge in [0, 0.05) is 12.1 Å². The van der Waals surface area contributed by atoms with Gasteiger partial charge in [-0.2, -0.15) is 8.42 Å². The number of nitrogens with one attached hydrogen (secondary N) is 1. The molecule has 1 aliphatic heterocycles. The summed E-state index contributed by atoms with van der Waals surface area (Å²) in [7, 11) is -2.24. The standard InChI is InChI=1S/C22H27N3O4S/c1-5-6-13-25-16(3)24-30(27,28)21-14-18(9-12-20(21)25)22(26)23-15(2)17-7-10-19(29-4)11-8-17/h7-12,14-15H,5-6,13H2,1-4H3,(H,23,26)/t15-/m1/s1. The number of hydrogen-bond acceptors (Lipinski definition) is 5. The molecule has 1 amide bonds. The van der Waals surface area contributed by atoms with E-state index in [9.17, 15) is 13.2 Å². The molecule has 0 radical (unpaired) electrons. The van der Waals surface area contributed by atoms with Crippen molar-refractivity contribution in [2.24, 2.45) is 4.40 Å². The Morgan fingerprint density at radius 2 is 1.90 bits per heavy atom. The molecule has 8 heteroatoms. The first-order valence-corrected chi connectivity index (χ1v) is 11.4. The lowest BCUT2D eigenvalue weighted by Crippen LogP contribution is -2.35. The Balaban J connectivity index is 1.85. The summed E-state index contributed by atoms with van der Waals surface area (Å²) in [5.74, 6) is 0.838. The average molecular weight is 430 g/mol. The molecule has 1 aliphatic rings. The molecule has 0 saturated carbocycles. The molecule has 0 aliphatic carbocycles. The lowest BCUT2D eigenvalue weighted by molar-refractivity contribution is 0.0939. The predicted molar refractivity (Wildman–Crippen MR) is 118 cm³/mol. The van der Waals surface area contributed by atoms with Crippen LogP contribution in [0.5, 0.6) is 5.75 Å². The molecule has 1 atom stereocenters. The monoisotopic (exact) mass is 429 g/mol. The van der Waals surface area contributed by atoms with E-state index in [1.165, 1.54) is 6.07 Å². The third-order valence-corrected chi connectivity index (χ3v) is 6.52. The number of amidine groups is 1. The number of anilines is 1. The fourth-order valence-corrected chi connectivity index (χ4v) is 4.65. The summed E-state index contributed by atoms with van der Waals surface area (Å²) in [5, 5.41) is 2.91. The van der Waals surface area contributed by atoms with E-state index in [1.54, 1.807) is 26.2 Å². The molecule has 0 fully saturated rings. The first-order valence-electron chi connectivity index (χ1n) is 9.94. The lowest BCUT2D eigenvalue weighted by Gasteiger charge is -2.29. The Morgan fingerprint density at radius 1 is 1.20 bits per heavy atom. The van der Waals surface area contributed by atoms with Crippen molar-refractivity contribution in [2.45, 2.75) is 44.6 Å². The summed E-state index contributed by atoms with van der Waals surface area (Å²) in [6, 6.07) is 11.9. The first kappa shape index (κ1) is 21.8. The Hall–Kier alpha value is -2.87. The van der Waals surface area contributed by atoms with Crippen LogP contribution in [0.25, 0.3) is 0 Å². The molecule has 1 N–H and O–H groups in total. The van der Waals surface area contributed by atoms with Crippen LogP contribution in [-0.4, -0.2) is 33.8 Å². The molecule has 30 heavy (non-hydrogen) atoms. The second-order valence-corrected chi connectivity index (χ2v) is 8.84. The molecule has 3 rings (SSSR count). The number of carbonyl (C=O) groups excluding carboxylic acids is 1. The number of carbonyl (C=O) groups is 1. The first-order chi connectivity index (χ1) is 14.3. The largest absolute Gasteiger partial charge is 0.497 e. The van der Waals surface area contributed by atoms with Gasteiger partial charge in [0.25, 0.3) is 15.9 Å². The van der Waals surface area contributed by atoms with Crippen LogP contribution in [0.15, 0.2) is 51.8 Å². The minimum atomic E-state index is -3.84. The van der Waals surface area contributed by atoms with Gasteiger partial charge < -0.3 is 15.0 Å². The van der Waals surface area contributed by atoms with Crippen molar-refractivity contribution in [3.8, 4) is 5.75 Å². The number of methoxy groups -OCH3 is 1. The third kappa shape index (κ3) is 4.48. The molecule has 0 saturated heterocycles. The molecule has 160 valence electrons. The van der Waals surface area contributed by atoms with Crippen LogP contribution in [0.4, 0.5) is 5.69 Å². The van der Waals surface area contributed by atoms with Gasteiger partial charge >= 0.3 is 0 Å². The Morgan fingerprint density at radius 3 is 2.53 bits per heavy atom. The highest BCUT2D eigenvalue weighted by atomic mass is 32.2. The summed E-state index contributed by atoms with van der Waals surface area (Å²) in [6.45, 7) is 6.31. The van der Waals surface area contributed by atoms with Gasteiger partial charge in [-0.15, -0.1) is 4.40 Å². The van der Waals surface area contributed by atoms with Gasteiger partial charge in [0.15, 0.2) is 0 Å². The van der Waals surface area contributed by atoms with Gasteiger partial charge in [-0.05, 0) is 56.2 Å². The van der Waals surface area contributed by atoms with Crippen molar-refractivity contribution in [3.63, 3.8) is 0 Å². The molecule has 0 aromatic heterocycles. The van der Waals surface area contributed by atoms with Crippen molar-refractivity contribution >= 4 is 27.5 Å². The van der Waals surface area contributed by atoms with E-state index in [-0.39, 0.29) is 22.4 Å². The summed E-state index contributed by atoms with van der Waals surface area (Å²) in [5.41, 5.74) is 1.76. The van der Waals surface area contributed by atoms with Crippen LogP contribution in [0.3, 0.4) is 0 Å². The zero-order chi connectivity index (χ0) is 21.9. The molecular weight excluding hydrogens is 402 g/mol. The van der Waals surface area contributed by atoms with Gasteiger partial charge in [0.05, 0.1) is 18.8 Å². The van der Waals surface area contributed by atoms with E-state index in [4.69, 9.17) is 4.74 Å². The highest BCUT2D eigenvalue weighted by molar-refractivity contribution is 7.90. The second-order valence-electron chi connectivity index (χ2n) is 7.27. The summed E-state index contributed by atoms with van der Waals surface area (Å²) in [4.78, 5) is 14.7. The van der Waals surface area contributed by atoms with Crippen molar-refractivity contribution < 1.29 is 17.9 Å².